The first-order valence-corrected chi connectivity index (χ1v) is 8.61. The Hall–Kier alpha value is -0.270. The van der Waals surface area contributed by atoms with Crippen LogP contribution in [0.5, 0.6) is 0 Å². The lowest BCUT2D eigenvalue weighted by molar-refractivity contribution is -0.00124. The smallest absolute Gasteiger partial charge is 0.0727 e. The van der Waals surface area contributed by atoms with Crippen molar-refractivity contribution in [2.24, 2.45) is 28.6 Å². The normalized spacial score (nSPS) is 51.3. The average molecular weight is 309 g/mol. The number of hydrogen-bond acceptors (Lipinski definition) is 1. The van der Waals surface area contributed by atoms with Gasteiger partial charge in [-0.2, -0.15) is 0 Å². The van der Waals surface area contributed by atoms with E-state index in [1.54, 1.807) is 0 Å². The van der Waals surface area contributed by atoms with Gasteiger partial charge in [-0.25, -0.2) is 0 Å². The summed E-state index contributed by atoms with van der Waals surface area (Å²) in [5, 5.41) is 9.94. The second-order valence-electron chi connectivity index (χ2n) is 8.38. The molecule has 4 aliphatic rings. The molecule has 2 heteroatoms. The summed E-state index contributed by atoms with van der Waals surface area (Å²) in [6, 6.07) is 0. The topological polar surface area (TPSA) is 20.2 Å². The molecular weight excluding hydrogens is 280 g/mol. The molecule has 1 N–H and O–H groups in total. The number of aliphatic hydroxyl groups excluding tert-OH is 1. The van der Waals surface area contributed by atoms with Crippen LogP contribution in [0.3, 0.4) is 0 Å². The van der Waals surface area contributed by atoms with E-state index in [2.05, 4.69) is 32.1 Å². The molecule has 6 atom stereocenters. The van der Waals surface area contributed by atoms with E-state index in [0.29, 0.717) is 10.8 Å². The van der Waals surface area contributed by atoms with Crippen LogP contribution in [-0.4, -0.2) is 11.2 Å². The molecular formula is C19H29ClO. The molecule has 0 amide bonds. The van der Waals surface area contributed by atoms with Crippen molar-refractivity contribution < 1.29 is 5.11 Å². The first-order chi connectivity index (χ1) is 9.53. The Balaban J connectivity index is 0.00000132. The van der Waals surface area contributed by atoms with Crippen LogP contribution in [0.4, 0.5) is 0 Å². The molecule has 0 aliphatic heterocycles. The molecule has 4 rings (SSSR count). The summed E-state index contributed by atoms with van der Waals surface area (Å²) >= 11 is 0. The number of aliphatic hydroxyl groups is 1. The highest BCUT2D eigenvalue weighted by Crippen LogP contribution is 2.63. The SMILES string of the molecule is C[C@@]12CCC[C@H]1[C@@H]1C=CC3=CC(O)CC[C@]3(C)[C@H]1CC2.Cl. The highest BCUT2D eigenvalue weighted by Gasteiger charge is 2.54. The molecule has 0 aromatic carbocycles. The van der Waals surface area contributed by atoms with Crippen molar-refractivity contribution in [2.45, 2.75) is 64.9 Å². The monoisotopic (exact) mass is 308 g/mol. The Morgan fingerprint density at radius 2 is 1.86 bits per heavy atom. The third-order valence-corrected chi connectivity index (χ3v) is 7.42. The zero-order valence-electron chi connectivity index (χ0n) is 13.3. The van der Waals surface area contributed by atoms with Gasteiger partial charge in [-0.1, -0.05) is 38.5 Å². The Morgan fingerprint density at radius 3 is 2.67 bits per heavy atom. The summed E-state index contributed by atoms with van der Waals surface area (Å²) in [4.78, 5) is 0. The lowest BCUT2D eigenvalue weighted by Gasteiger charge is -2.55. The fourth-order valence-electron chi connectivity index (χ4n) is 6.13. The van der Waals surface area contributed by atoms with E-state index in [-0.39, 0.29) is 18.5 Å². The zero-order valence-corrected chi connectivity index (χ0v) is 14.2. The first kappa shape index (κ1) is 15.6. The maximum absolute atomic E-state index is 9.94. The Bertz CT molecular complexity index is 482. The molecule has 0 bridgehead atoms. The van der Waals surface area contributed by atoms with Gasteiger partial charge >= 0.3 is 0 Å². The summed E-state index contributed by atoms with van der Waals surface area (Å²) in [5.74, 6) is 2.54. The fourth-order valence-corrected chi connectivity index (χ4v) is 6.13. The highest BCUT2D eigenvalue weighted by atomic mass is 35.5. The van der Waals surface area contributed by atoms with E-state index in [0.717, 1.165) is 24.2 Å². The molecule has 0 radical (unpaired) electrons. The Labute approximate surface area is 135 Å². The lowest BCUT2D eigenvalue weighted by Crippen LogP contribution is -2.47. The van der Waals surface area contributed by atoms with E-state index in [9.17, 15) is 5.11 Å². The molecule has 1 nitrogen and oxygen atoms in total. The molecule has 2 saturated carbocycles. The second kappa shape index (κ2) is 5.13. The van der Waals surface area contributed by atoms with Gasteiger partial charge in [-0.15, -0.1) is 12.4 Å². The molecule has 21 heavy (non-hydrogen) atoms. The molecule has 0 aromatic heterocycles. The maximum Gasteiger partial charge on any atom is 0.0727 e. The van der Waals surface area contributed by atoms with Crippen LogP contribution in [0.15, 0.2) is 23.8 Å². The quantitative estimate of drug-likeness (QED) is 0.675. The Kier molecular flexibility index (Phi) is 3.82. The zero-order chi connectivity index (χ0) is 14.0. The van der Waals surface area contributed by atoms with Crippen LogP contribution < -0.4 is 0 Å². The van der Waals surface area contributed by atoms with E-state index in [1.807, 2.05) is 0 Å². The minimum atomic E-state index is -0.209. The molecule has 118 valence electrons. The third kappa shape index (κ3) is 2.15. The number of halogens is 1. The first-order valence-electron chi connectivity index (χ1n) is 8.61. The molecule has 0 aromatic rings. The van der Waals surface area contributed by atoms with Crippen molar-refractivity contribution in [3.63, 3.8) is 0 Å². The summed E-state index contributed by atoms with van der Waals surface area (Å²) in [6.07, 6.45) is 16.1. The van der Waals surface area contributed by atoms with Crippen LogP contribution in [0.2, 0.25) is 0 Å². The number of rotatable bonds is 0. The molecule has 0 spiro atoms. The van der Waals surface area contributed by atoms with Gasteiger partial charge in [0.25, 0.3) is 0 Å². The van der Waals surface area contributed by atoms with E-state index in [1.165, 1.54) is 44.1 Å². The van der Waals surface area contributed by atoms with E-state index in [4.69, 9.17) is 0 Å². The largest absolute Gasteiger partial charge is 0.389 e. The van der Waals surface area contributed by atoms with Gasteiger partial charge in [0.1, 0.15) is 0 Å². The molecule has 2 fully saturated rings. The van der Waals surface area contributed by atoms with Crippen LogP contribution in [0, 0.1) is 28.6 Å². The Morgan fingerprint density at radius 1 is 1.05 bits per heavy atom. The van der Waals surface area contributed by atoms with Crippen LogP contribution in [0.25, 0.3) is 0 Å². The predicted molar refractivity (Wildman–Crippen MR) is 89.5 cm³/mol. The van der Waals surface area contributed by atoms with Crippen molar-refractivity contribution in [3.05, 3.63) is 23.8 Å². The third-order valence-electron chi connectivity index (χ3n) is 7.42. The van der Waals surface area contributed by atoms with E-state index < -0.39 is 0 Å². The second-order valence-corrected chi connectivity index (χ2v) is 8.38. The minimum absolute atomic E-state index is 0. The summed E-state index contributed by atoms with van der Waals surface area (Å²) in [5.41, 5.74) is 2.39. The summed E-state index contributed by atoms with van der Waals surface area (Å²) in [7, 11) is 0. The van der Waals surface area contributed by atoms with E-state index >= 15 is 0 Å². The fraction of sp³-hybridized carbons (Fsp3) is 0.789. The van der Waals surface area contributed by atoms with Crippen LogP contribution in [-0.2, 0) is 0 Å². The van der Waals surface area contributed by atoms with Gasteiger partial charge in [0.2, 0.25) is 0 Å². The average Bonchev–Trinajstić information content (AvgIpc) is 2.81. The van der Waals surface area contributed by atoms with Crippen molar-refractivity contribution in [1.29, 1.82) is 0 Å². The summed E-state index contributed by atoms with van der Waals surface area (Å²) < 4.78 is 0. The maximum atomic E-state index is 9.94. The van der Waals surface area contributed by atoms with Crippen LogP contribution in [0.1, 0.15) is 58.8 Å². The van der Waals surface area contributed by atoms with Crippen molar-refractivity contribution >= 4 is 12.4 Å². The van der Waals surface area contributed by atoms with Gasteiger partial charge in [0, 0.05) is 0 Å². The molecule has 0 heterocycles. The molecule has 1 unspecified atom stereocenters. The standard InChI is InChI=1S/C19H28O.ClH/c1-18-9-3-4-16(18)15-6-5-13-12-14(20)7-11-19(13,2)17(15)8-10-18;/h5-6,12,14-17,20H,3-4,7-11H2,1-2H3;1H/t14?,15-,16-,17-,18-,19-;/m0./s1. The minimum Gasteiger partial charge on any atom is -0.389 e. The number of allylic oxidation sites excluding steroid dienone is 3. The highest BCUT2D eigenvalue weighted by molar-refractivity contribution is 5.85. The lowest BCUT2D eigenvalue weighted by atomic mass is 9.49. The van der Waals surface area contributed by atoms with Crippen molar-refractivity contribution in [2.75, 3.05) is 0 Å². The van der Waals surface area contributed by atoms with Gasteiger partial charge in [0.05, 0.1) is 6.10 Å². The van der Waals surface area contributed by atoms with Gasteiger partial charge in [0.15, 0.2) is 0 Å². The molecule has 4 aliphatic carbocycles. The number of hydrogen-bond donors (Lipinski definition) is 1. The van der Waals surface area contributed by atoms with Gasteiger partial charge < -0.3 is 5.11 Å². The van der Waals surface area contributed by atoms with Crippen molar-refractivity contribution in [1.82, 2.24) is 0 Å². The predicted octanol–water partition coefficient (Wildman–Crippen LogP) is 4.90. The number of fused-ring (bicyclic) bond motifs is 5. The van der Waals surface area contributed by atoms with Crippen LogP contribution >= 0.6 is 12.4 Å². The molecule has 0 saturated heterocycles. The van der Waals surface area contributed by atoms with Gasteiger partial charge in [-0.05, 0) is 72.7 Å². The van der Waals surface area contributed by atoms with Crippen molar-refractivity contribution in [3.8, 4) is 0 Å². The van der Waals surface area contributed by atoms with Gasteiger partial charge in [-0.3, -0.25) is 0 Å². The summed E-state index contributed by atoms with van der Waals surface area (Å²) in [6.45, 7) is 5.02.